The van der Waals surface area contributed by atoms with Crippen LogP contribution in [0.3, 0.4) is 0 Å². The Morgan fingerprint density at radius 3 is 2.33 bits per heavy atom. The van der Waals surface area contributed by atoms with Gasteiger partial charge in [0.15, 0.2) is 9.84 Å². The van der Waals surface area contributed by atoms with Crippen LogP contribution in [0, 0.1) is 0 Å². The number of nitrogens with zero attached hydrogens (tertiary/aromatic N) is 6. The lowest BCUT2D eigenvalue weighted by Crippen LogP contribution is -2.52. The highest BCUT2D eigenvalue weighted by atomic mass is 32.2. The van der Waals surface area contributed by atoms with E-state index < -0.39 is 9.84 Å². The summed E-state index contributed by atoms with van der Waals surface area (Å²) in [6, 6.07) is 13.3. The molecule has 2 aliphatic heterocycles. The summed E-state index contributed by atoms with van der Waals surface area (Å²) in [5.74, 6) is 1.33. The average molecular weight is 553 g/mol. The smallest absolute Gasteiger partial charge is 0.232 e. The molecule has 0 unspecified atom stereocenters. The fourth-order valence-electron chi connectivity index (χ4n) is 5.13. The van der Waals surface area contributed by atoms with Gasteiger partial charge >= 0.3 is 0 Å². The summed E-state index contributed by atoms with van der Waals surface area (Å²) in [5, 5.41) is 6.26. The van der Waals surface area contributed by atoms with E-state index in [1.807, 2.05) is 6.07 Å². The highest BCUT2D eigenvalue weighted by Crippen LogP contribution is 2.33. The van der Waals surface area contributed by atoms with Crippen LogP contribution < -0.4 is 20.3 Å². The normalized spacial score (nSPS) is 17.7. The van der Waals surface area contributed by atoms with Crippen LogP contribution in [0.1, 0.15) is 12.8 Å². The predicted molar refractivity (Wildman–Crippen MR) is 153 cm³/mol. The summed E-state index contributed by atoms with van der Waals surface area (Å²) in [6.45, 7) is 6.68. The lowest BCUT2D eigenvalue weighted by molar-refractivity contribution is 0.0982. The number of anilines is 5. The number of aromatic nitrogens is 3. The number of likely N-dealkylation sites (N-methyl/N-ethyl adjacent to an activating group) is 1. The number of benzene rings is 2. The summed E-state index contributed by atoms with van der Waals surface area (Å²) in [4.78, 5) is 20.5. The maximum atomic E-state index is 11.9. The molecule has 3 heterocycles. The minimum atomic E-state index is -3.32. The molecular weight excluding hydrogens is 516 g/mol. The van der Waals surface area contributed by atoms with Crippen LogP contribution in [-0.2, 0) is 9.84 Å². The van der Waals surface area contributed by atoms with Gasteiger partial charge in [0.05, 0.1) is 17.7 Å². The van der Waals surface area contributed by atoms with E-state index in [4.69, 9.17) is 4.74 Å². The van der Waals surface area contributed by atoms with Crippen molar-refractivity contribution in [2.75, 3.05) is 75.2 Å². The van der Waals surface area contributed by atoms with Gasteiger partial charge in [-0.2, -0.15) is 4.98 Å². The first-order valence-electron chi connectivity index (χ1n) is 13.2. The second-order valence-electron chi connectivity index (χ2n) is 10.1. The fraction of sp³-hybridized carbons (Fsp3) is 0.444. The molecule has 0 radical (unpaired) electrons. The number of hydrogen-bond acceptors (Lipinski definition) is 11. The minimum Gasteiger partial charge on any atom is -0.494 e. The zero-order valence-corrected chi connectivity index (χ0v) is 23.5. The summed E-state index contributed by atoms with van der Waals surface area (Å²) in [5.41, 5.74) is 2.44. The minimum absolute atomic E-state index is 0.216. The van der Waals surface area contributed by atoms with Crippen LogP contribution in [0.4, 0.5) is 29.0 Å². The zero-order chi connectivity index (χ0) is 27.4. The Balaban J connectivity index is 1.23. The average Bonchev–Trinajstić information content (AvgIpc) is 2.94. The first-order valence-corrected chi connectivity index (χ1v) is 15.1. The van der Waals surface area contributed by atoms with E-state index in [1.165, 1.54) is 25.4 Å². The van der Waals surface area contributed by atoms with Crippen molar-refractivity contribution >= 4 is 38.8 Å². The second kappa shape index (κ2) is 11.7. The van der Waals surface area contributed by atoms with Gasteiger partial charge in [-0.15, -0.1) is 0 Å². The van der Waals surface area contributed by atoms with E-state index in [0.717, 1.165) is 50.6 Å². The van der Waals surface area contributed by atoms with Gasteiger partial charge in [0.2, 0.25) is 11.9 Å². The number of nitrogens with one attached hydrogen (secondary N) is 2. The van der Waals surface area contributed by atoms with Crippen LogP contribution in [0.25, 0.3) is 0 Å². The number of piperazine rings is 1. The number of ether oxygens (including phenoxy) is 1. The molecule has 0 amide bonds. The fourth-order valence-corrected chi connectivity index (χ4v) is 5.79. The van der Waals surface area contributed by atoms with Gasteiger partial charge in [0.25, 0.3) is 0 Å². The van der Waals surface area contributed by atoms with Crippen molar-refractivity contribution in [2.45, 2.75) is 23.8 Å². The van der Waals surface area contributed by atoms with E-state index in [-0.39, 0.29) is 10.8 Å². The standard InChI is InChI=1S/C27H36N8O3S/c1-33-13-15-35(16-14-33)21-9-11-34(12-10-21)22-7-8-24(25(18-22)38-2)31-27-29-19-28-26(32-27)30-20-5-4-6-23(17-20)39(3,36)37/h4-8,17-19,21H,9-16H2,1-3H3,(H2,28,29,30,31,32). The molecule has 0 spiro atoms. The van der Waals surface area contributed by atoms with Gasteiger partial charge in [0.1, 0.15) is 12.1 Å². The molecule has 0 atom stereocenters. The molecule has 2 fully saturated rings. The number of methoxy groups -OCH3 is 1. The van der Waals surface area contributed by atoms with Crippen LogP contribution in [0.15, 0.2) is 53.7 Å². The first kappa shape index (κ1) is 27.1. The first-order chi connectivity index (χ1) is 18.8. The van der Waals surface area contributed by atoms with Crippen molar-refractivity contribution in [1.82, 2.24) is 24.8 Å². The molecule has 0 saturated carbocycles. The molecule has 2 aliphatic rings. The van der Waals surface area contributed by atoms with E-state index >= 15 is 0 Å². The van der Waals surface area contributed by atoms with E-state index in [1.54, 1.807) is 31.4 Å². The monoisotopic (exact) mass is 552 g/mol. The number of piperidine rings is 1. The number of rotatable bonds is 8. The summed E-state index contributed by atoms with van der Waals surface area (Å²) < 4.78 is 29.4. The molecule has 208 valence electrons. The van der Waals surface area contributed by atoms with Crippen molar-refractivity contribution in [3.63, 3.8) is 0 Å². The zero-order valence-electron chi connectivity index (χ0n) is 22.7. The molecule has 3 aromatic rings. The largest absolute Gasteiger partial charge is 0.494 e. The Kier molecular flexibility index (Phi) is 8.15. The third-order valence-corrected chi connectivity index (χ3v) is 8.52. The van der Waals surface area contributed by atoms with Gasteiger partial charge in [-0.05, 0) is 50.2 Å². The van der Waals surface area contributed by atoms with Gasteiger partial charge in [0, 0.05) is 69.0 Å². The molecule has 2 aromatic carbocycles. The van der Waals surface area contributed by atoms with E-state index in [9.17, 15) is 8.42 Å². The Bertz CT molecular complexity index is 1390. The molecule has 2 saturated heterocycles. The highest BCUT2D eigenvalue weighted by Gasteiger charge is 2.27. The van der Waals surface area contributed by atoms with Crippen LogP contribution in [0.5, 0.6) is 5.75 Å². The van der Waals surface area contributed by atoms with Crippen molar-refractivity contribution in [3.8, 4) is 5.75 Å². The molecular formula is C27H36N8O3S. The molecule has 1 aromatic heterocycles. The van der Waals surface area contributed by atoms with Crippen LogP contribution in [-0.4, -0.2) is 98.9 Å². The molecule has 0 bridgehead atoms. The molecule has 12 heteroatoms. The topological polar surface area (TPSA) is 116 Å². The van der Waals surface area contributed by atoms with E-state index in [2.05, 4.69) is 59.5 Å². The lowest BCUT2D eigenvalue weighted by atomic mass is 10.0. The molecule has 2 N–H and O–H groups in total. The van der Waals surface area contributed by atoms with Crippen molar-refractivity contribution in [2.24, 2.45) is 0 Å². The Hall–Kier alpha value is -3.48. The van der Waals surface area contributed by atoms with Gasteiger partial charge in [-0.25, -0.2) is 18.4 Å². The summed E-state index contributed by atoms with van der Waals surface area (Å²) >= 11 is 0. The maximum absolute atomic E-state index is 11.9. The predicted octanol–water partition coefficient (Wildman–Crippen LogP) is 2.99. The van der Waals surface area contributed by atoms with Crippen molar-refractivity contribution in [3.05, 3.63) is 48.8 Å². The second-order valence-corrected chi connectivity index (χ2v) is 12.1. The Labute approximate surface area is 230 Å². The highest BCUT2D eigenvalue weighted by molar-refractivity contribution is 7.90. The molecule has 39 heavy (non-hydrogen) atoms. The number of hydrogen-bond donors (Lipinski definition) is 2. The Morgan fingerprint density at radius 2 is 1.64 bits per heavy atom. The van der Waals surface area contributed by atoms with Crippen LogP contribution in [0.2, 0.25) is 0 Å². The van der Waals surface area contributed by atoms with Gasteiger partial charge < -0.3 is 25.2 Å². The quantitative estimate of drug-likeness (QED) is 0.430. The molecule has 5 rings (SSSR count). The SMILES string of the molecule is COc1cc(N2CCC(N3CCN(C)CC3)CC2)ccc1Nc1ncnc(Nc2cccc(S(C)(=O)=O)c2)n1. The van der Waals surface area contributed by atoms with E-state index in [0.29, 0.717) is 23.4 Å². The number of sulfone groups is 1. The van der Waals surface area contributed by atoms with Crippen molar-refractivity contribution < 1.29 is 13.2 Å². The third kappa shape index (κ3) is 6.75. The molecule has 0 aliphatic carbocycles. The van der Waals surface area contributed by atoms with Gasteiger partial charge in [-0.1, -0.05) is 6.07 Å². The third-order valence-electron chi connectivity index (χ3n) is 7.41. The van der Waals surface area contributed by atoms with Gasteiger partial charge in [-0.3, -0.25) is 4.90 Å². The van der Waals surface area contributed by atoms with Crippen LogP contribution >= 0.6 is 0 Å². The lowest BCUT2D eigenvalue weighted by Gasteiger charge is -2.42. The Morgan fingerprint density at radius 1 is 0.923 bits per heavy atom. The summed E-state index contributed by atoms with van der Waals surface area (Å²) in [6.07, 6.45) is 4.90. The maximum Gasteiger partial charge on any atom is 0.232 e. The molecule has 11 nitrogen and oxygen atoms in total. The summed E-state index contributed by atoms with van der Waals surface area (Å²) in [7, 11) is 0.529. The van der Waals surface area contributed by atoms with Crippen molar-refractivity contribution in [1.29, 1.82) is 0 Å².